The van der Waals surface area contributed by atoms with Gasteiger partial charge in [0.1, 0.15) is 0 Å². The van der Waals surface area contributed by atoms with Crippen molar-refractivity contribution in [2.45, 2.75) is 6.42 Å². The molecule has 0 saturated carbocycles. The number of thiol groups is 1. The molecule has 4 heteroatoms. The number of hydrogen-bond acceptors (Lipinski definition) is 3. The number of carbonyl (C=O) groups is 1. The van der Waals surface area contributed by atoms with Crippen molar-refractivity contribution in [2.24, 2.45) is 0 Å². The van der Waals surface area contributed by atoms with Gasteiger partial charge in [0.15, 0.2) is 0 Å². The van der Waals surface area contributed by atoms with Crippen LogP contribution in [-0.4, -0.2) is 23.8 Å². The number of fused-ring (bicyclic) bond motifs is 1. The molecular weight excluding hydrogens is 246 g/mol. The molecule has 0 unspecified atom stereocenters. The number of carbonyl (C=O) groups excluding carboxylic acids is 1. The van der Waals surface area contributed by atoms with Crippen molar-refractivity contribution in [1.82, 2.24) is 4.98 Å². The molecule has 1 aromatic heterocycles. The molecular formula is C14H15NO2S. The molecule has 1 N–H and O–H groups in total. The first-order valence-electron chi connectivity index (χ1n) is 5.73. The van der Waals surface area contributed by atoms with E-state index in [1.807, 2.05) is 24.3 Å². The van der Waals surface area contributed by atoms with E-state index in [9.17, 15) is 4.79 Å². The average Bonchev–Trinajstić information content (AvgIpc) is 2.81. The van der Waals surface area contributed by atoms with E-state index < -0.39 is 0 Å². The van der Waals surface area contributed by atoms with Crippen LogP contribution in [0.1, 0.15) is 22.3 Å². The second-order valence-electron chi connectivity index (χ2n) is 3.91. The lowest BCUT2D eigenvalue weighted by Crippen LogP contribution is -1.99. The third kappa shape index (κ3) is 2.59. The maximum absolute atomic E-state index is 11.6. The quantitative estimate of drug-likeness (QED) is 0.655. The van der Waals surface area contributed by atoms with E-state index in [1.165, 1.54) is 7.11 Å². The van der Waals surface area contributed by atoms with Crippen LogP contribution in [0.25, 0.3) is 17.0 Å². The lowest BCUT2D eigenvalue weighted by atomic mass is 10.1. The van der Waals surface area contributed by atoms with Gasteiger partial charge >= 0.3 is 5.97 Å². The van der Waals surface area contributed by atoms with Crippen LogP contribution in [0.15, 0.2) is 30.5 Å². The lowest BCUT2D eigenvalue weighted by Gasteiger charge is -1.98. The number of hydrogen-bond donors (Lipinski definition) is 2. The first-order chi connectivity index (χ1) is 8.76. The summed E-state index contributed by atoms with van der Waals surface area (Å²) in [5.41, 5.74) is 2.56. The number of H-pyrrole nitrogens is 1. The van der Waals surface area contributed by atoms with Gasteiger partial charge in [-0.2, -0.15) is 12.6 Å². The van der Waals surface area contributed by atoms with Crippen molar-refractivity contribution >= 4 is 35.6 Å². The molecule has 18 heavy (non-hydrogen) atoms. The Kier molecular flexibility index (Phi) is 4.10. The Labute approximate surface area is 111 Å². The Morgan fingerprint density at radius 2 is 2.33 bits per heavy atom. The molecule has 2 rings (SSSR count). The summed E-state index contributed by atoms with van der Waals surface area (Å²) in [6.07, 6.45) is 6.71. The van der Waals surface area contributed by atoms with Gasteiger partial charge in [-0.25, -0.2) is 4.79 Å². The van der Waals surface area contributed by atoms with Crippen LogP contribution in [0.3, 0.4) is 0 Å². The van der Waals surface area contributed by atoms with Crippen molar-refractivity contribution in [3.05, 3.63) is 41.6 Å². The predicted octanol–water partition coefficient (Wildman–Crippen LogP) is 3.29. The Hall–Kier alpha value is -1.68. The Morgan fingerprint density at radius 1 is 1.50 bits per heavy atom. The second kappa shape index (κ2) is 5.78. The minimum atomic E-state index is -0.322. The van der Waals surface area contributed by atoms with Gasteiger partial charge < -0.3 is 9.72 Å². The molecule has 0 fully saturated rings. The van der Waals surface area contributed by atoms with Crippen LogP contribution in [-0.2, 0) is 4.74 Å². The average molecular weight is 261 g/mol. The number of nitrogens with one attached hydrogen (secondary N) is 1. The topological polar surface area (TPSA) is 42.1 Å². The number of rotatable bonds is 4. The van der Waals surface area contributed by atoms with Gasteiger partial charge in [0.25, 0.3) is 0 Å². The van der Waals surface area contributed by atoms with Crippen molar-refractivity contribution < 1.29 is 9.53 Å². The molecule has 2 aromatic rings. The highest BCUT2D eigenvalue weighted by Gasteiger charge is 2.11. The van der Waals surface area contributed by atoms with Crippen LogP contribution in [0.2, 0.25) is 0 Å². The van der Waals surface area contributed by atoms with E-state index in [0.29, 0.717) is 5.56 Å². The van der Waals surface area contributed by atoms with E-state index in [4.69, 9.17) is 4.74 Å². The fourth-order valence-corrected chi connectivity index (χ4v) is 1.96. The predicted molar refractivity (Wildman–Crippen MR) is 77.1 cm³/mol. The van der Waals surface area contributed by atoms with Crippen molar-refractivity contribution in [2.75, 3.05) is 12.9 Å². The summed E-state index contributed by atoms with van der Waals surface area (Å²) in [5, 5.41) is 0.884. The zero-order valence-corrected chi connectivity index (χ0v) is 11.0. The zero-order chi connectivity index (χ0) is 13.0. The van der Waals surface area contributed by atoms with Gasteiger partial charge in [0, 0.05) is 17.1 Å². The molecule has 1 heterocycles. The number of benzene rings is 1. The van der Waals surface area contributed by atoms with Gasteiger partial charge in [0.2, 0.25) is 0 Å². The first-order valence-corrected chi connectivity index (χ1v) is 6.36. The number of methoxy groups -OCH3 is 1. The van der Waals surface area contributed by atoms with Crippen LogP contribution in [0, 0.1) is 0 Å². The van der Waals surface area contributed by atoms with Crippen molar-refractivity contribution in [1.29, 1.82) is 0 Å². The molecule has 0 bridgehead atoms. The van der Waals surface area contributed by atoms with Gasteiger partial charge in [-0.1, -0.05) is 18.2 Å². The van der Waals surface area contributed by atoms with Gasteiger partial charge in [-0.3, -0.25) is 0 Å². The number of aromatic amines is 1. The highest BCUT2D eigenvalue weighted by Crippen LogP contribution is 2.21. The highest BCUT2D eigenvalue weighted by atomic mass is 32.1. The van der Waals surface area contributed by atoms with Crippen molar-refractivity contribution in [3.8, 4) is 0 Å². The minimum absolute atomic E-state index is 0.322. The molecule has 3 nitrogen and oxygen atoms in total. The summed E-state index contributed by atoms with van der Waals surface area (Å²) in [6.45, 7) is 0. The molecule has 0 amide bonds. The maximum Gasteiger partial charge on any atom is 0.340 e. The normalized spacial score (nSPS) is 11.2. The fraction of sp³-hybridized carbons (Fsp3) is 0.214. The Balaban J connectivity index is 2.39. The standard InChI is InChI=1S/C14H15NO2S/c1-17-14(16)12-9-15-13-6-5-10(8-11(12)13)4-2-3-7-18/h2,4-6,8-9,15,18H,3,7H2,1H3. The second-order valence-corrected chi connectivity index (χ2v) is 4.36. The number of esters is 1. The van der Waals surface area contributed by atoms with Crippen molar-refractivity contribution in [3.63, 3.8) is 0 Å². The largest absolute Gasteiger partial charge is 0.465 e. The molecule has 0 aliphatic rings. The van der Waals surface area contributed by atoms with Crippen LogP contribution >= 0.6 is 12.6 Å². The molecule has 0 atom stereocenters. The summed E-state index contributed by atoms with van der Waals surface area (Å²) in [7, 11) is 1.39. The number of ether oxygens (including phenoxy) is 1. The summed E-state index contributed by atoms with van der Waals surface area (Å²) in [5.74, 6) is 0.508. The minimum Gasteiger partial charge on any atom is -0.465 e. The van der Waals surface area contributed by atoms with Crippen LogP contribution < -0.4 is 0 Å². The van der Waals surface area contributed by atoms with E-state index >= 15 is 0 Å². The smallest absolute Gasteiger partial charge is 0.340 e. The summed E-state index contributed by atoms with van der Waals surface area (Å²) in [6, 6.07) is 5.95. The first kappa shape index (κ1) is 12.8. The molecule has 94 valence electrons. The van der Waals surface area contributed by atoms with Gasteiger partial charge in [0.05, 0.1) is 12.7 Å². The molecule has 0 radical (unpaired) electrons. The zero-order valence-electron chi connectivity index (χ0n) is 10.1. The number of allylic oxidation sites excluding steroid dienone is 1. The monoisotopic (exact) mass is 261 g/mol. The third-order valence-corrected chi connectivity index (χ3v) is 2.98. The lowest BCUT2D eigenvalue weighted by molar-refractivity contribution is 0.0603. The van der Waals surface area contributed by atoms with E-state index in [1.54, 1.807) is 6.20 Å². The SMILES string of the molecule is COC(=O)c1c[nH]c2ccc(C=CCCS)cc12. The maximum atomic E-state index is 11.6. The van der Waals surface area contributed by atoms with Crippen LogP contribution in [0.5, 0.6) is 0 Å². The van der Waals surface area contributed by atoms with Crippen LogP contribution in [0.4, 0.5) is 0 Å². The van der Waals surface area contributed by atoms with E-state index in [0.717, 1.165) is 28.6 Å². The fourth-order valence-electron chi connectivity index (χ4n) is 1.81. The molecule has 0 aliphatic heterocycles. The van der Waals surface area contributed by atoms with Gasteiger partial charge in [-0.05, 0) is 29.9 Å². The van der Waals surface area contributed by atoms with Gasteiger partial charge in [-0.15, -0.1) is 0 Å². The number of aromatic nitrogens is 1. The summed E-state index contributed by atoms with van der Waals surface area (Å²) in [4.78, 5) is 14.7. The highest BCUT2D eigenvalue weighted by molar-refractivity contribution is 7.80. The van der Waals surface area contributed by atoms with E-state index in [2.05, 4.69) is 23.7 Å². The molecule has 0 aliphatic carbocycles. The molecule has 1 aromatic carbocycles. The summed E-state index contributed by atoms with van der Waals surface area (Å²) < 4.78 is 4.75. The Bertz CT molecular complexity index is 586. The molecule has 0 spiro atoms. The molecule has 0 saturated heterocycles. The van der Waals surface area contributed by atoms with E-state index in [-0.39, 0.29) is 5.97 Å². The summed E-state index contributed by atoms with van der Waals surface area (Å²) >= 11 is 4.15. The Morgan fingerprint density at radius 3 is 3.06 bits per heavy atom. The third-order valence-electron chi connectivity index (χ3n) is 2.72.